The van der Waals surface area contributed by atoms with Crippen LogP contribution in [0.2, 0.25) is 5.28 Å². The van der Waals surface area contributed by atoms with Crippen molar-refractivity contribution in [2.75, 3.05) is 31.0 Å². The highest BCUT2D eigenvalue weighted by Gasteiger charge is 2.40. The largest absolute Gasteiger partial charge is 0.486 e. The number of fused-ring (bicyclic) bond motifs is 3. The van der Waals surface area contributed by atoms with Crippen molar-refractivity contribution in [1.29, 1.82) is 0 Å². The highest BCUT2D eigenvalue weighted by atomic mass is 35.5. The van der Waals surface area contributed by atoms with Crippen LogP contribution in [0.3, 0.4) is 0 Å². The number of aromatic nitrogens is 2. The first kappa shape index (κ1) is 15.2. The quantitative estimate of drug-likeness (QED) is 0.777. The summed E-state index contributed by atoms with van der Waals surface area (Å²) >= 11 is 7.90. The number of ether oxygens (including phenoxy) is 2. The van der Waals surface area contributed by atoms with E-state index in [-0.39, 0.29) is 22.1 Å². The molecule has 1 fully saturated rings. The van der Waals surface area contributed by atoms with Crippen LogP contribution >= 0.6 is 23.4 Å². The molecular weight excluding hydrogens is 310 g/mol. The Kier molecular flexibility index (Phi) is 3.96. The van der Waals surface area contributed by atoms with E-state index in [9.17, 15) is 0 Å². The van der Waals surface area contributed by atoms with E-state index in [2.05, 4.69) is 41.9 Å². The second-order valence-electron chi connectivity index (χ2n) is 5.97. The fourth-order valence-corrected chi connectivity index (χ4v) is 3.31. The van der Waals surface area contributed by atoms with Crippen molar-refractivity contribution >= 4 is 29.2 Å². The van der Waals surface area contributed by atoms with Crippen molar-refractivity contribution < 1.29 is 9.47 Å². The molecular formula is C14H20ClN3O2S. The molecule has 0 radical (unpaired) electrons. The lowest BCUT2D eigenvalue weighted by Crippen LogP contribution is -2.56. The van der Waals surface area contributed by atoms with Crippen molar-refractivity contribution in [2.24, 2.45) is 0 Å². The Labute approximate surface area is 134 Å². The molecule has 3 rings (SSSR count). The maximum atomic E-state index is 6.18. The lowest BCUT2D eigenvalue weighted by molar-refractivity contribution is 0.0482. The molecule has 0 aliphatic carbocycles. The van der Waals surface area contributed by atoms with Crippen molar-refractivity contribution in [1.82, 2.24) is 9.97 Å². The Morgan fingerprint density at radius 1 is 1.29 bits per heavy atom. The smallest absolute Gasteiger partial charge is 0.224 e. The van der Waals surface area contributed by atoms with E-state index in [4.69, 9.17) is 21.1 Å². The summed E-state index contributed by atoms with van der Waals surface area (Å²) in [5.74, 6) is 1.57. The second kappa shape index (κ2) is 5.48. The minimum absolute atomic E-state index is 0.182. The van der Waals surface area contributed by atoms with Crippen molar-refractivity contribution in [3.05, 3.63) is 11.0 Å². The van der Waals surface area contributed by atoms with Gasteiger partial charge in [-0.3, -0.25) is 0 Å². The number of nitrogens with zero attached hydrogens (tertiary/aromatic N) is 3. The van der Waals surface area contributed by atoms with Gasteiger partial charge >= 0.3 is 0 Å². The molecule has 0 amide bonds. The standard InChI is InChI=1S/C14H20ClN3O2S/c1-8-5-19-6-9-7-20-10-11(14(2,3)21-4)16-13(15)17-12(10)18(8)9/h8-9H,5-7H2,1-4H3/t8-,9-/m1/s1. The van der Waals surface area contributed by atoms with Crippen LogP contribution in [0.4, 0.5) is 5.82 Å². The van der Waals surface area contributed by atoms with E-state index in [1.165, 1.54) is 0 Å². The number of thioether (sulfide) groups is 1. The van der Waals surface area contributed by atoms with Gasteiger partial charge in [-0.2, -0.15) is 16.7 Å². The molecule has 3 heterocycles. The molecule has 2 aliphatic heterocycles. The molecule has 1 saturated heterocycles. The number of halogens is 1. The van der Waals surface area contributed by atoms with Gasteiger partial charge in [-0.15, -0.1) is 0 Å². The summed E-state index contributed by atoms with van der Waals surface area (Å²) in [6.07, 6.45) is 2.06. The minimum Gasteiger partial charge on any atom is -0.486 e. The molecule has 0 N–H and O–H groups in total. The van der Waals surface area contributed by atoms with Crippen molar-refractivity contribution in [2.45, 2.75) is 37.6 Å². The van der Waals surface area contributed by atoms with E-state index < -0.39 is 0 Å². The number of anilines is 1. The Hall–Kier alpha value is -0.720. The summed E-state index contributed by atoms with van der Waals surface area (Å²) < 4.78 is 11.4. The van der Waals surface area contributed by atoms with Gasteiger partial charge in [0.1, 0.15) is 12.3 Å². The molecule has 7 heteroatoms. The molecule has 2 atom stereocenters. The van der Waals surface area contributed by atoms with Crippen molar-refractivity contribution in [3.63, 3.8) is 0 Å². The topological polar surface area (TPSA) is 47.5 Å². The maximum Gasteiger partial charge on any atom is 0.224 e. The lowest BCUT2D eigenvalue weighted by atomic mass is 10.0. The zero-order chi connectivity index (χ0) is 15.2. The first-order chi connectivity index (χ1) is 9.94. The van der Waals surface area contributed by atoms with Gasteiger partial charge in [-0.1, -0.05) is 0 Å². The van der Waals surface area contributed by atoms with Gasteiger partial charge in [0.15, 0.2) is 11.6 Å². The molecule has 0 unspecified atom stereocenters. The van der Waals surface area contributed by atoms with E-state index in [1.54, 1.807) is 11.8 Å². The fourth-order valence-electron chi connectivity index (χ4n) is 2.81. The Morgan fingerprint density at radius 2 is 2.05 bits per heavy atom. The van der Waals surface area contributed by atoms with Gasteiger partial charge in [0.25, 0.3) is 0 Å². The van der Waals surface area contributed by atoms with Crippen LogP contribution in [0.25, 0.3) is 0 Å². The summed E-state index contributed by atoms with van der Waals surface area (Å²) in [6, 6.07) is 0.445. The first-order valence-electron chi connectivity index (χ1n) is 7.06. The predicted octanol–water partition coefficient (Wildman–Crippen LogP) is 2.71. The van der Waals surface area contributed by atoms with Crippen LogP contribution in [0.1, 0.15) is 26.5 Å². The molecule has 0 spiro atoms. The zero-order valence-corrected chi connectivity index (χ0v) is 14.3. The zero-order valence-electron chi connectivity index (χ0n) is 12.7. The van der Waals surface area contributed by atoms with Crippen LogP contribution in [-0.2, 0) is 9.48 Å². The number of rotatable bonds is 2. The molecule has 2 aliphatic rings. The molecule has 116 valence electrons. The van der Waals surface area contributed by atoms with Gasteiger partial charge in [0.05, 0.1) is 30.0 Å². The van der Waals surface area contributed by atoms with E-state index in [0.717, 1.165) is 17.3 Å². The summed E-state index contributed by atoms with van der Waals surface area (Å²) in [4.78, 5) is 11.2. The van der Waals surface area contributed by atoms with Gasteiger partial charge in [0.2, 0.25) is 5.28 Å². The Morgan fingerprint density at radius 3 is 2.76 bits per heavy atom. The van der Waals surface area contributed by atoms with Gasteiger partial charge in [0, 0.05) is 0 Å². The third kappa shape index (κ3) is 2.58. The van der Waals surface area contributed by atoms with Gasteiger partial charge < -0.3 is 14.4 Å². The van der Waals surface area contributed by atoms with Crippen LogP contribution < -0.4 is 9.64 Å². The monoisotopic (exact) mass is 329 g/mol. The lowest BCUT2D eigenvalue weighted by Gasteiger charge is -2.45. The third-order valence-electron chi connectivity index (χ3n) is 4.10. The number of hydrogen-bond acceptors (Lipinski definition) is 6. The summed E-state index contributed by atoms with van der Waals surface area (Å²) in [7, 11) is 0. The second-order valence-corrected chi connectivity index (χ2v) is 7.73. The minimum atomic E-state index is -0.182. The highest BCUT2D eigenvalue weighted by molar-refractivity contribution is 7.99. The van der Waals surface area contributed by atoms with E-state index in [1.807, 2.05) is 0 Å². The normalized spacial score (nSPS) is 25.1. The fraction of sp³-hybridized carbons (Fsp3) is 0.714. The average Bonchev–Trinajstić information content (AvgIpc) is 2.46. The number of morpholine rings is 1. The van der Waals surface area contributed by atoms with E-state index >= 15 is 0 Å². The summed E-state index contributed by atoms with van der Waals surface area (Å²) in [6.45, 7) is 8.32. The molecule has 0 saturated carbocycles. The Bertz CT molecular complexity index is 555. The van der Waals surface area contributed by atoms with Crippen LogP contribution in [0.5, 0.6) is 5.75 Å². The summed E-state index contributed by atoms with van der Waals surface area (Å²) in [5, 5.41) is 0.272. The van der Waals surface area contributed by atoms with Crippen LogP contribution in [0, 0.1) is 0 Å². The van der Waals surface area contributed by atoms with Crippen LogP contribution in [-0.4, -0.2) is 48.1 Å². The van der Waals surface area contributed by atoms with Crippen LogP contribution in [0.15, 0.2) is 0 Å². The maximum absolute atomic E-state index is 6.18. The Balaban J connectivity index is 2.13. The van der Waals surface area contributed by atoms with Gasteiger partial charge in [-0.05, 0) is 38.6 Å². The molecule has 5 nitrogen and oxygen atoms in total. The third-order valence-corrected chi connectivity index (χ3v) is 5.49. The van der Waals surface area contributed by atoms with E-state index in [0.29, 0.717) is 19.8 Å². The average molecular weight is 330 g/mol. The SMILES string of the molecule is CSC(C)(C)c1nc(Cl)nc2c1OC[C@H]1COC[C@@H](C)N21. The number of hydrogen-bond donors (Lipinski definition) is 0. The first-order valence-corrected chi connectivity index (χ1v) is 8.66. The summed E-state index contributed by atoms with van der Waals surface area (Å²) in [5.41, 5.74) is 0.863. The predicted molar refractivity (Wildman–Crippen MR) is 85.6 cm³/mol. The molecule has 1 aromatic rings. The molecule has 21 heavy (non-hydrogen) atoms. The molecule has 0 aromatic carbocycles. The molecule has 0 bridgehead atoms. The van der Waals surface area contributed by atoms with Gasteiger partial charge in [-0.25, -0.2) is 4.98 Å². The highest BCUT2D eigenvalue weighted by Crippen LogP contribution is 2.45. The molecule has 1 aromatic heterocycles. The van der Waals surface area contributed by atoms with Crippen molar-refractivity contribution in [3.8, 4) is 5.75 Å².